The van der Waals surface area contributed by atoms with E-state index in [1.807, 2.05) is 13.8 Å². The molecule has 206 valence electrons. The van der Waals surface area contributed by atoms with Crippen molar-refractivity contribution in [2.75, 3.05) is 66.0 Å². The van der Waals surface area contributed by atoms with Crippen LogP contribution < -0.4 is 5.32 Å². The van der Waals surface area contributed by atoms with Crippen molar-refractivity contribution in [2.24, 2.45) is 0 Å². The van der Waals surface area contributed by atoms with Crippen molar-refractivity contribution in [1.82, 2.24) is 5.32 Å². The number of hydrogen-bond acceptors (Lipinski definition) is 10. The zero-order chi connectivity index (χ0) is 26.2. The van der Waals surface area contributed by atoms with Gasteiger partial charge in [-0.15, -0.1) is 0 Å². The van der Waals surface area contributed by atoms with E-state index >= 15 is 0 Å². The lowest BCUT2D eigenvalue weighted by molar-refractivity contribution is -0.146. The van der Waals surface area contributed by atoms with Crippen molar-refractivity contribution in [3.05, 3.63) is 0 Å². The molecule has 0 saturated heterocycles. The smallest absolute Gasteiger partial charge is 0.407 e. The number of amides is 1. The molecule has 0 aromatic rings. The average molecular weight is 524 g/mol. The van der Waals surface area contributed by atoms with Gasteiger partial charge in [-0.05, 0) is 32.6 Å². The van der Waals surface area contributed by atoms with Crippen molar-refractivity contribution in [3.63, 3.8) is 0 Å². The number of thiol groups is 1. The van der Waals surface area contributed by atoms with E-state index in [2.05, 4.69) is 17.9 Å². The predicted octanol–water partition coefficient (Wildman–Crippen LogP) is 2.96. The van der Waals surface area contributed by atoms with Crippen LogP contribution in [0.4, 0.5) is 4.79 Å². The van der Waals surface area contributed by atoms with Crippen LogP contribution in [-0.4, -0.2) is 95.2 Å². The fourth-order valence-corrected chi connectivity index (χ4v) is 3.21. The number of hydrogen-bond donors (Lipinski definition) is 2. The Morgan fingerprint density at radius 2 is 1.23 bits per heavy atom. The first kappa shape index (κ1) is 33.6. The summed E-state index contributed by atoms with van der Waals surface area (Å²) in [6, 6.07) is 0. The molecule has 1 saturated carbocycles. The first-order chi connectivity index (χ1) is 17.0. The highest BCUT2D eigenvalue weighted by Gasteiger charge is 2.21. The fraction of sp³-hybridized carbons (Fsp3) is 0.875. The van der Waals surface area contributed by atoms with E-state index in [0.29, 0.717) is 58.0 Å². The maximum absolute atomic E-state index is 11.7. The quantitative estimate of drug-likeness (QED) is 0.150. The monoisotopic (exact) mass is 523 g/mol. The number of carbonyl (C=O) groups excluding carboxylic acids is 3. The van der Waals surface area contributed by atoms with Gasteiger partial charge in [0.05, 0.1) is 59.3 Å². The summed E-state index contributed by atoms with van der Waals surface area (Å²) in [5, 5.41) is 3.11. The topological polar surface area (TPSA) is 119 Å². The summed E-state index contributed by atoms with van der Waals surface area (Å²) in [6.07, 6.45) is 3.59. The maximum Gasteiger partial charge on any atom is 0.407 e. The van der Waals surface area contributed by atoms with Crippen LogP contribution in [-0.2, 0) is 38.0 Å². The van der Waals surface area contributed by atoms with Gasteiger partial charge in [-0.2, -0.15) is 12.6 Å². The number of ether oxygens (including phenoxy) is 6. The summed E-state index contributed by atoms with van der Waals surface area (Å²) < 4.78 is 31.7. The first-order valence-corrected chi connectivity index (χ1v) is 13.1. The summed E-state index contributed by atoms with van der Waals surface area (Å²) in [5.74, 6) is -0.433. The number of alkyl carbamates (subject to hydrolysis) is 1. The minimum absolute atomic E-state index is 0.00876. The van der Waals surface area contributed by atoms with E-state index in [1.54, 1.807) is 0 Å². The van der Waals surface area contributed by atoms with Gasteiger partial charge in [0.15, 0.2) is 0 Å². The molecule has 0 bridgehead atoms. The van der Waals surface area contributed by atoms with Crippen LogP contribution in [0.15, 0.2) is 0 Å². The number of ketones is 1. The van der Waals surface area contributed by atoms with Gasteiger partial charge in [0, 0.05) is 18.2 Å². The second-order valence-corrected chi connectivity index (χ2v) is 8.36. The van der Waals surface area contributed by atoms with Crippen molar-refractivity contribution >= 4 is 30.5 Å². The number of carbonyl (C=O) groups is 3. The van der Waals surface area contributed by atoms with Gasteiger partial charge in [0.1, 0.15) is 18.5 Å². The Morgan fingerprint density at radius 1 is 0.743 bits per heavy atom. The molecule has 0 heterocycles. The third kappa shape index (κ3) is 22.8. The van der Waals surface area contributed by atoms with Crippen LogP contribution in [0.5, 0.6) is 0 Å². The SMILES string of the molecule is CC.CC(=O)CCC(=O)OCCOCCOCCOCCOCCNC(=O)OC1CCC(S)CC1. The average Bonchev–Trinajstić information content (AvgIpc) is 2.85. The molecule has 1 N–H and O–H groups in total. The van der Waals surface area contributed by atoms with Crippen LogP contribution >= 0.6 is 12.6 Å². The summed E-state index contributed by atoms with van der Waals surface area (Å²) in [6.45, 7) is 9.21. The van der Waals surface area contributed by atoms with Crippen LogP contribution in [0.3, 0.4) is 0 Å². The molecule has 0 atom stereocenters. The molecule has 0 aromatic carbocycles. The molecule has 1 aliphatic rings. The molecule has 0 radical (unpaired) electrons. The van der Waals surface area contributed by atoms with Crippen molar-refractivity contribution in [3.8, 4) is 0 Å². The summed E-state index contributed by atoms with van der Waals surface area (Å²) in [4.78, 5) is 33.8. The minimum Gasteiger partial charge on any atom is -0.463 e. The highest BCUT2D eigenvalue weighted by molar-refractivity contribution is 7.80. The Balaban J connectivity index is 0.00000562. The molecule has 0 aliphatic heterocycles. The van der Waals surface area contributed by atoms with E-state index in [-0.39, 0.29) is 37.9 Å². The lowest BCUT2D eigenvalue weighted by Gasteiger charge is -2.25. The third-order valence-corrected chi connectivity index (χ3v) is 5.24. The first-order valence-electron chi connectivity index (χ1n) is 12.6. The second-order valence-electron chi connectivity index (χ2n) is 7.63. The zero-order valence-corrected chi connectivity index (χ0v) is 22.5. The summed E-state index contributed by atoms with van der Waals surface area (Å²) in [5.41, 5.74) is 0. The van der Waals surface area contributed by atoms with Crippen LogP contribution in [0.25, 0.3) is 0 Å². The standard InChI is InChI=1S/C22H39NO9S.C2H6/c1-18(24)2-7-21(25)31-17-16-30-15-14-29-13-12-28-11-10-27-9-8-23-22(26)32-19-3-5-20(33)6-4-19;1-2/h19-20,33H,2-17H2,1H3,(H,23,26);1-2H3. The summed E-state index contributed by atoms with van der Waals surface area (Å²) in [7, 11) is 0. The summed E-state index contributed by atoms with van der Waals surface area (Å²) >= 11 is 4.43. The predicted molar refractivity (Wildman–Crippen MR) is 135 cm³/mol. The molecule has 1 fully saturated rings. The highest BCUT2D eigenvalue weighted by Crippen LogP contribution is 2.24. The third-order valence-electron chi connectivity index (χ3n) is 4.72. The van der Waals surface area contributed by atoms with Gasteiger partial charge in [-0.25, -0.2) is 4.79 Å². The molecular formula is C24H45NO9S. The van der Waals surface area contributed by atoms with Gasteiger partial charge >= 0.3 is 12.1 Å². The van der Waals surface area contributed by atoms with Crippen molar-refractivity contribution < 1.29 is 42.8 Å². The Kier molecular flexibility index (Phi) is 23.3. The Hall–Kier alpha value is -1.40. The molecule has 0 aromatic heterocycles. The van der Waals surface area contributed by atoms with Gasteiger partial charge in [0.25, 0.3) is 0 Å². The Bertz CT molecular complexity index is 543. The van der Waals surface area contributed by atoms with Gasteiger partial charge in [-0.1, -0.05) is 13.8 Å². The highest BCUT2D eigenvalue weighted by atomic mass is 32.1. The molecule has 0 spiro atoms. The molecule has 1 amide bonds. The lowest BCUT2D eigenvalue weighted by atomic mass is 9.97. The van der Waals surface area contributed by atoms with E-state index in [4.69, 9.17) is 28.4 Å². The number of nitrogens with one attached hydrogen (secondary N) is 1. The van der Waals surface area contributed by atoms with Gasteiger partial charge in [-0.3, -0.25) is 4.79 Å². The molecular weight excluding hydrogens is 478 g/mol. The van der Waals surface area contributed by atoms with Crippen molar-refractivity contribution in [1.29, 1.82) is 0 Å². The molecule has 35 heavy (non-hydrogen) atoms. The Labute approximate surface area is 215 Å². The van der Waals surface area contributed by atoms with Crippen LogP contribution in [0.2, 0.25) is 0 Å². The lowest BCUT2D eigenvalue weighted by Crippen LogP contribution is -2.33. The van der Waals surface area contributed by atoms with Gasteiger partial charge in [0.2, 0.25) is 0 Å². The van der Waals surface area contributed by atoms with E-state index in [1.165, 1.54) is 6.92 Å². The van der Waals surface area contributed by atoms with E-state index < -0.39 is 12.1 Å². The molecule has 0 unspecified atom stereocenters. The number of rotatable bonds is 19. The molecule has 1 rings (SSSR count). The minimum atomic E-state index is -0.399. The normalized spacial score (nSPS) is 17.1. The molecule has 10 nitrogen and oxygen atoms in total. The fourth-order valence-electron chi connectivity index (χ4n) is 2.91. The number of Topliss-reactive ketones (excluding diaryl/α,β-unsaturated/α-hetero) is 1. The van der Waals surface area contributed by atoms with E-state index in [0.717, 1.165) is 25.7 Å². The Morgan fingerprint density at radius 3 is 1.74 bits per heavy atom. The van der Waals surface area contributed by atoms with Crippen LogP contribution in [0.1, 0.15) is 59.3 Å². The van der Waals surface area contributed by atoms with Gasteiger partial charge < -0.3 is 38.5 Å². The number of esters is 1. The maximum atomic E-state index is 11.7. The largest absolute Gasteiger partial charge is 0.463 e. The molecule has 1 aliphatic carbocycles. The van der Waals surface area contributed by atoms with Crippen molar-refractivity contribution in [2.45, 2.75) is 70.7 Å². The second kappa shape index (κ2) is 24.3. The van der Waals surface area contributed by atoms with Crippen LogP contribution in [0, 0.1) is 0 Å². The zero-order valence-electron chi connectivity index (χ0n) is 21.6. The van der Waals surface area contributed by atoms with E-state index in [9.17, 15) is 14.4 Å². The molecule has 11 heteroatoms.